The summed E-state index contributed by atoms with van der Waals surface area (Å²) in [6.07, 6.45) is 0. The van der Waals surface area contributed by atoms with Crippen LogP contribution >= 0.6 is 0 Å². The van der Waals surface area contributed by atoms with Crippen LogP contribution in [0.5, 0.6) is 0 Å². The van der Waals surface area contributed by atoms with E-state index in [1.165, 1.54) is 6.07 Å². The first-order valence-electron chi connectivity index (χ1n) is 4.64. The Bertz CT molecular complexity index is 500. The van der Waals surface area contributed by atoms with Gasteiger partial charge in [-0.25, -0.2) is 4.79 Å². The summed E-state index contributed by atoms with van der Waals surface area (Å²) in [6, 6.07) is 4.72. The van der Waals surface area contributed by atoms with Crippen molar-refractivity contribution >= 4 is 11.9 Å². The molecule has 0 amide bonds. The minimum Gasteiger partial charge on any atom is -0.475 e. The second-order valence-electron chi connectivity index (χ2n) is 3.26. The molecule has 0 spiro atoms. The van der Waals surface area contributed by atoms with Gasteiger partial charge in [0, 0.05) is 12.1 Å². The summed E-state index contributed by atoms with van der Waals surface area (Å²) in [6.45, 7) is 2.22. The Balaban J connectivity index is 1.97. The van der Waals surface area contributed by atoms with Crippen molar-refractivity contribution in [3.05, 3.63) is 35.4 Å². The van der Waals surface area contributed by atoms with Gasteiger partial charge in [-0.3, -0.25) is 0 Å². The number of aromatic nitrogens is 1. The van der Waals surface area contributed by atoms with Crippen molar-refractivity contribution in [2.45, 2.75) is 13.5 Å². The standard InChI is InChI=1S/C10H10N2O4/c1-6-4-7(16-12-6)5-11-9-3-2-8(15-9)10(13)14/h2-4,11H,5H2,1H3,(H,13,14). The molecule has 0 aliphatic heterocycles. The summed E-state index contributed by atoms with van der Waals surface area (Å²) in [5, 5.41) is 15.2. The first-order valence-corrected chi connectivity index (χ1v) is 4.64. The Morgan fingerprint density at radius 1 is 1.56 bits per heavy atom. The lowest BCUT2D eigenvalue weighted by Gasteiger charge is -1.97. The van der Waals surface area contributed by atoms with Gasteiger partial charge in [-0.2, -0.15) is 0 Å². The van der Waals surface area contributed by atoms with Gasteiger partial charge in [-0.15, -0.1) is 0 Å². The molecule has 0 aliphatic rings. The molecule has 0 fully saturated rings. The average molecular weight is 222 g/mol. The van der Waals surface area contributed by atoms with Gasteiger partial charge in [0.1, 0.15) is 0 Å². The first kappa shape index (κ1) is 10.3. The zero-order chi connectivity index (χ0) is 11.5. The SMILES string of the molecule is Cc1cc(CNc2ccc(C(=O)O)o2)on1. The number of aryl methyl sites for hydroxylation is 1. The number of hydrogen-bond acceptors (Lipinski definition) is 5. The zero-order valence-electron chi connectivity index (χ0n) is 8.56. The maximum Gasteiger partial charge on any atom is 0.371 e. The van der Waals surface area contributed by atoms with Crippen LogP contribution in [0.25, 0.3) is 0 Å². The summed E-state index contributed by atoms with van der Waals surface area (Å²) in [5.74, 6) is -0.156. The number of aromatic carboxylic acids is 1. The van der Waals surface area contributed by atoms with Crippen molar-refractivity contribution < 1.29 is 18.8 Å². The summed E-state index contributed by atoms with van der Waals surface area (Å²) in [5.41, 5.74) is 0.794. The van der Waals surface area contributed by atoms with E-state index in [2.05, 4.69) is 10.5 Å². The molecule has 2 heterocycles. The monoisotopic (exact) mass is 222 g/mol. The van der Waals surface area contributed by atoms with Crippen LogP contribution in [0, 0.1) is 6.92 Å². The molecular weight excluding hydrogens is 212 g/mol. The van der Waals surface area contributed by atoms with Crippen LogP contribution in [-0.4, -0.2) is 16.2 Å². The Kier molecular flexibility index (Phi) is 2.63. The van der Waals surface area contributed by atoms with E-state index in [-0.39, 0.29) is 5.76 Å². The molecule has 6 nitrogen and oxygen atoms in total. The van der Waals surface area contributed by atoms with E-state index in [4.69, 9.17) is 14.0 Å². The fourth-order valence-electron chi connectivity index (χ4n) is 1.22. The quantitative estimate of drug-likeness (QED) is 0.821. The summed E-state index contributed by atoms with van der Waals surface area (Å²) >= 11 is 0. The molecule has 0 radical (unpaired) electrons. The van der Waals surface area contributed by atoms with E-state index in [0.717, 1.165) is 5.69 Å². The Morgan fingerprint density at radius 2 is 2.38 bits per heavy atom. The number of hydrogen-bond donors (Lipinski definition) is 2. The van der Waals surface area contributed by atoms with E-state index in [1.807, 2.05) is 6.92 Å². The Morgan fingerprint density at radius 3 is 2.94 bits per heavy atom. The molecule has 2 rings (SSSR count). The minimum atomic E-state index is -1.09. The third kappa shape index (κ3) is 2.22. The largest absolute Gasteiger partial charge is 0.475 e. The van der Waals surface area contributed by atoms with Gasteiger partial charge in [0.05, 0.1) is 12.2 Å². The summed E-state index contributed by atoms with van der Waals surface area (Å²) in [4.78, 5) is 10.5. The minimum absolute atomic E-state index is 0.101. The van der Waals surface area contributed by atoms with Crippen molar-refractivity contribution in [2.24, 2.45) is 0 Å². The molecule has 0 unspecified atom stereocenters. The van der Waals surface area contributed by atoms with Gasteiger partial charge in [0.2, 0.25) is 5.76 Å². The van der Waals surface area contributed by atoms with Gasteiger partial charge < -0.3 is 19.4 Å². The van der Waals surface area contributed by atoms with Crippen LogP contribution in [0.15, 0.2) is 27.1 Å². The number of anilines is 1. The van der Waals surface area contributed by atoms with Crippen molar-refractivity contribution in [1.29, 1.82) is 0 Å². The first-order chi connectivity index (χ1) is 7.65. The van der Waals surface area contributed by atoms with Crippen molar-refractivity contribution in [1.82, 2.24) is 5.16 Å². The normalized spacial score (nSPS) is 10.3. The topological polar surface area (TPSA) is 88.5 Å². The molecular formula is C10H10N2O4. The molecule has 6 heteroatoms. The second kappa shape index (κ2) is 4.09. The van der Waals surface area contributed by atoms with Crippen molar-refractivity contribution in [3.63, 3.8) is 0 Å². The van der Waals surface area contributed by atoms with Crippen LogP contribution in [-0.2, 0) is 6.54 Å². The van der Waals surface area contributed by atoms with Gasteiger partial charge >= 0.3 is 5.97 Å². The Hall–Kier alpha value is -2.24. The highest BCUT2D eigenvalue weighted by atomic mass is 16.5. The van der Waals surface area contributed by atoms with Gasteiger partial charge in [-0.05, 0) is 13.0 Å². The molecule has 84 valence electrons. The van der Waals surface area contributed by atoms with Crippen LogP contribution in [0.1, 0.15) is 22.0 Å². The fourth-order valence-corrected chi connectivity index (χ4v) is 1.22. The molecule has 2 aromatic heterocycles. The fraction of sp³-hybridized carbons (Fsp3) is 0.200. The predicted octanol–water partition coefficient (Wildman–Crippen LogP) is 1.89. The summed E-state index contributed by atoms with van der Waals surface area (Å²) in [7, 11) is 0. The van der Waals surface area contributed by atoms with Gasteiger partial charge in [0.25, 0.3) is 0 Å². The molecule has 0 bridgehead atoms. The van der Waals surface area contributed by atoms with E-state index in [0.29, 0.717) is 18.2 Å². The third-order valence-corrected chi connectivity index (χ3v) is 1.93. The number of carboxylic acid groups (broad SMARTS) is 1. The van der Waals surface area contributed by atoms with E-state index in [1.54, 1.807) is 12.1 Å². The molecule has 0 saturated carbocycles. The summed E-state index contributed by atoms with van der Waals surface area (Å²) < 4.78 is 9.97. The number of nitrogens with zero attached hydrogens (tertiary/aromatic N) is 1. The van der Waals surface area contributed by atoms with Gasteiger partial charge in [0.15, 0.2) is 11.6 Å². The van der Waals surface area contributed by atoms with Crippen molar-refractivity contribution in [3.8, 4) is 0 Å². The highest BCUT2D eigenvalue weighted by Crippen LogP contribution is 2.14. The molecule has 0 aliphatic carbocycles. The third-order valence-electron chi connectivity index (χ3n) is 1.93. The van der Waals surface area contributed by atoms with E-state index < -0.39 is 5.97 Å². The Labute approximate surface area is 90.8 Å². The number of furan rings is 1. The van der Waals surface area contributed by atoms with Crippen LogP contribution in [0.3, 0.4) is 0 Å². The van der Waals surface area contributed by atoms with Crippen molar-refractivity contribution in [2.75, 3.05) is 5.32 Å². The molecule has 16 heavy (non-hydrogen) atoms. The van der Waals surface area contributed by atoms with Crippen LogP contribution < -0.4 is 5.32 Å². The number of carboxylic acids is 1. The van der Waals surface area contributed by atoms with E-state index >= 15 is 0 Å². The maximum atomic E-state index is 10.5. The lowest BCUT2D eigenvalue weighted by molar-refractivity contribution is 0.0663. The van der Waals surface area contributed by atoms with Crippen LogP contribution in [0.4, 0.5) is 5.88 Å². The average Bonchev–Trinajstić information content (AvgIpc) is 2.83. The second-order valence-corrected chi connectivity index (χ2v) is 3.26. The molecule has 2 aromatic rings. The molecule has 0 atom stereocenters. The smallest absolute Gasteiger partial charge is 0.371 e. The van der Waals surface area contributed by atoms with E-state index in [9.17, 15) is 4.79 Å². The maximum absolute atomic E-state index is 10.5. The molecule has 0 saturated heterocycles. The highest BCUT2D eigenvalue weighted by Gasteiger charge is 2.09. The van der Waals surface area contributed by atoms with Crippen LogP contribution in [0.2, 0.25) is 0 Å². The predicted molar refractivity (Wildman–Crippen MR) is 54.2 cm³/mol. The number of carbonyl (C=O) groups is 1. The zero-order valence-corrected chi connectivity index (χ0v) is 8.56. The number of nitrogens with one attached hydrogen (secondary N) is 1. The molecule has 2 N–H and O–H groups in total. The lowest BCUT2D eigenvalue weighted by Crippen LogP contribution is -1.97. The highest BCUT2D eigenvalue weighted by molar-refractivity contribution is 5.84. The number of rotatable bonds is 4. The van der Waals surface area contributed by atoms with Gasteiger partial charge in [-0.1, -0.05) is 5.16 Å². The molecule has 0 aromatic carbocycles. The lowest BCUT2D eigenvalue weighted by atomic mass is 10.4.